The smallest absolute Gasteiger partial charge is 0.251 e. The lowest BCUT2D eigenvalue weighted by Crippen LogP contribution is -2.20. The van der Waals surface area contributed by atoms with Crippen molar-refractivity contribution in [1.29, 1.82) is 0 Å². The number of carbonyl (C=O) groups is 1. The van der Waals surface area contributed by atoms with Gasteiger partial charge >= 0.3 is 0 Å². The van der Waals surface area contributed by atoms with Crippen LogP contribution in [0.1, 0.15) is 28.4 Å². The van der Waals surface area contributed by atoms with E-state index in [4.69, 9.17) is 0 Å². The molecule has 0 aromatic heterocycles. The highest BCUT2D eigenvalue weighted by molar-refractivity contribution is 5.96. The van der Waals surface area contributed by atoms with Crippen LogP contribution in [0.5, 0.6) is 0 Å². The van der Waals surface area contributed by atoms with Crippen LogP contribution in [0, 0.1) is 6.92 Å². The Morgan fingerprint density at radius 1 is 1.46 bits per heavy atom. The molecule has 13 heavy (non-hydrogen) atoms. The maximum absolute atomic E-state index is 11.5. The fraction of sp³-hybridized carbons (Fsp3) is 0.364. The molecule has 0 saturated heterocycles. The summed E-state index contributed by atoms with van der Waals surface area (Å²) in [5.41, 5.74) is 2.98. The lowest BCUT2D eigenvalue weighted by Gasteiger charge is -2.09. The molecular weight excluding hydrogens is 162 g/mol. The van der Waals surface area contributed by atoms with Crippen molar-refractivity contribution < 1.29 is 4.79 Å². The van der Waals surface area contributed by atoms with Gasteiger partial charge in [-0.05, 0) is 24.5 Å². The van der Waals surface area contributed by atoms with E-state index in [0.717, 1.165) is 23.1 Å². The molecule has 0 aliphatic rings. The summed E-state index contributed by atoms with van der Waals surface area (Å²) >= 11 is 0. The molecule has 1 amide bonds. The van der Waals surface area contributed by atoms with E-state index in [0.29, 0.717) is 0 Å². The number of amides is 1. The Morgan fingerprint density at radius 3 is 2.69 bits per heavy atom. The van der Waals surface area contributed by atoms with Crippen molar-refractivity contribution >= 4 is 5.91 Å². The van der Waals surface area contributed by atoms with Crippen LogP contribution in [0.4, 0.5) is 0 Å². The van der Waals surface area contributed by atoms with Crippen molar-refractivity contribution in [3.63, 3.8) is 0 Å². The summed E-state index contributed by atoms with van der Waals surface area (Å²) in [6, 6.07) is 5.95. The van der Waals surface area contributed by atoms with E-state index in [1.807, 2.05) is 25.1 Å². The Balaban J connectivity index is 3.22. The molecule has 0 heterocycles. The largest absolute Gasteiger partial charge is 0.355 e. The molecule has 1 N–H and O–H groups in total. The van der Waals surface area contributed by atoms with E-state index in [-0.39, 0.29) is 5.91 Å². The summed E-state index contributed by atoms with van der Waals surface area (Å²) in [5.74, 6) is 0.00921. The molecule has 2 nitrogen and oxygen atoms in total. The monoisotopic (exact) mass is 177 g/mol. The number of benzene rings is 1. The normalized spacial score (nSPS) is 9.77. The van der Waals surface area contributed by atoms with E-state index < -0.39 is 0 Å². The van der Waals surface area contributed by atoms with Gasteiger partial charge in [0.15, 0.2) is 0 Å². The third-order valence-corrected chi connectivity index (χ3v) is 2.19. The van der Waals surface area contributed by atoms with Crippen molar-refractivity contribution in [2.45, 2.75) is 20.3 Å². The molecule has 0 bridgehead atoms. The number of nitrogens with one attached hydrogen (secondary N) is 1. The summed E-state index contributed by atoms with van der Waals surface area (Å²) in [5, 5.41) is 2.66. The second-order valence-corrected chi connectivity index (χ2v) is 3.04. The predicted molar refractivity (Wildman–Crippen MR) is 53.9 cm³/mol. The molecule has 0 unspecified atom stereocenters. The van der Waals surface area contributed by atoms with E-state index >= 15 is 0 Å². The third-order valence-electron chi connectivity index (χ3n) is 2.19. The molecule has 70 valence electrons. The molecular formula is C11H15NO. The van der Waals surface area contributed by atoms with Crippen LogP contribution in [0.2, 0.25) is 0 Å². The highest BCUT2D eigenvalue weighted by Gasteiger charge is 2.10. The second kappa shape index (κ2) is 4.08. The molecule has 0 fully saturated rings. The second-order valence-electron chi connectivity index (χ2n) is 3.04. The van der Waals surface area contributed by atoms with Crippen LogP contribution in [0.3, 0.4) is 0 Å². The first-order valence-corrected chi connectivity index (χ1v) is 4.51. The summed E-state index contributed by atoms with van der Waals surface area (Å²) in [4.78, 5) is 11.5. The zero-order valence-corrected chi connectivity index (χ0v) is 8.35. The van der Waals surface area contributed by atoms with Gasteiger partial charge in [-0.3, -0.25) is 4.79 Å². The minimum Gasteiger partial charge on any atom is -0.355 e. The van der Waals surface area contributed by atoms with Gasteiger partial charge in [-0.25, -0.2) is 0 Å². The van der Waals surface area contributed by atoms with Crippen molar-refractivity contribution in [3.05, 3.63) is 34.9 Å². The molecule has 1 aromatic rings. The van der Waals surface area contributed by atoms with Crippen LogP contribution >= 0.6 is 0 Å². The number of hydrogen-bond acceptors (Lipinski definition) is 1. The van der Waals surface area contributed by atoms with Gasteiger partial charge in [0.25, 0.3) is 5.91 Å². The highest BCUT2D eigenvalue weighted by Crippen LogP contribution is 2.14. The Hall–Kier alpha value is -1.31. The Labute approximate surface area is 79.0 Å². The molecule has 0 radical (unpaired) electrons. The summed E-state index contributed by atoms with van der Waals surface area (Å²) in [7, 11) is 1.66. The van der Waals surface area contributed by atoms with Gasteiger partial charge in [0.05, 0.1) is 0 Å². The Morgan fingerprint density at radius 2 is 2.15 bits per heavy atom. The van der Waals surface area contributed by atoms with E-state index in [1.165, 1.54) is 0 Å². The maximum atomic E-state index is 11.5. The number of rotatable bonds is 2. The topological polar surface area (TPSA) is 29.1 Å². The lowest BCUT2D eigenvalue weighted by atomic mass is 9.99. The van der Waals surface area contributed by atoms with E-state index in [9.17, 15) is 4.79 Å². The van der Waals surface area contributed by atoms with Gasteiger partial charge < -0.3 is 5.32 Å². The predicted octanol–water partition coefficient (Wildman–Crippen LogP) is 1.92. The van der Waals surface area contributed by atoms with Crippen molar-refractivity contribution in [2.24, 2.45) is 0 Å². The van der Waals surface area contributed by atoms with Crippen LogP contribution in [-0.2, 0) is 6.42 Å². The molecule has 0 spiro atoms. The van der Waals surface area contributed by atoms with Crippen LogP contribution in [0.25, 0.3) is 0 Å². The van der Waals surface area contributed by atoms with Gasteiger partial charge in [-0.15, -0.1) is 0 Å². The summed E-state index contributed by atoms with van der Waals surface area (Å²) in [6.45, 7) is 4.02. The number of carbonyl (C=O) groups excluding carboxylic acids is 1. The van der Waals surface area contributed by atoms with E-state index in [1.54, 1.807) is 7.05 Å². The maximum Gasteiger partial charge on any atom is 0.251 e. The van der Waals surface area contributed by atoms with Gasteiger partial charge in [-0.1, -0.05) is 25.1 Å². The average molecular weight is 177 g/mol. The first-order valence-electron chi connectivity index (χ1n) is 4.51. The van der Waals surface area contributed by atoms with Gasteiger partial charge in [0.1, 0.15) is 0 Å². The van der Waals surface area contributed by atoms with Crippen LogP contribution in [-0.4, -0.2) is 13.0 Å². The molecule has 1 rings (SSSR count). The summed E-state index contributed by atoms with van der Waals surface area (Å²) in [6.07, 6.45) is 0.893. The fourth-order valence-electron chi connectivity index (χ4n) is 1.47. The number of aryl methyl sites for hydroxylation is 2. The van der Waals surface area contributed by atoms with Crippen LogP contribution < -0.4 is 5.32 Å². The summed E-state index contributed by atoms with van der Waals surface area (Å²) < 4.78 is 0. The number of hydrogen-bond donors (Lipinski definition) is 1. The van der Waals surface area contributed by atoms with Crippen molar-refractivity contribution in [2.75, 3.05) is 7.05 Å². The van der Waals surface area contributed by atoms with Gasteiger partial charge in [0, 0.05) is 12.6 Å². The van der Waals surface area contributed by atoms with Crippen molar-refractivity contribution in [3.8, 4) is 0 Å². The SMILES string of the molecule is CCc1cccc(C)c1C(=O)NC. The standard InChI is InChI=1S/C11H15NO/c1-4-9-7-5-6-8(2)10(9)11(13)12-3/h5-7H,4H2,1-3H3,(H,12,13). The average Bonchev–Trinajstić information content (AvgIpc) is 2.16. The van der Waals surface area contributed by atoms with Gasteiger partial charge in [0.2, 0.25) is 0 Å². The minimum atomic E-state index is 0.00921. The zero-order chi connectivity index (χ0) is 9.84. The molecule has 0 aliphatic carbocycles. The Kier molecular flexibility index (Phi) is 3.07. The first kappa shape index (κ1) is 9.78. The molecule has 0 atom stereocenters. The van der Waals surface area contributed by atoms with E-state index in [2.05, 4.69) is 12.2 Å². The van der Waals surface area contributed by atoms with Gasteiger partial charge in [-0.2, -0.15) is 0 Å². The Bertz CT molecular complexity index is 318. The van der Waals surface area contributed by atoms with Crippen LogP contribution in [0.15, 0.2) is 18.2 Å². The van der Waals surface area contributed by atoms with Crippen molar-refractivity contribution in [1.82, 2.24) is 5.32 Å². The zero-order valence-electron chi connectivity index (χ0n) is 8.35. The quantitative estimate of drug-likeness (QED) is 0.734. The fourth-order valence-corrected chi connectivity index (χ4v) is 1.47. The minimum absolute atomic E-state index is 0.00921. The first-order chi connectivity index (χ1) is 6.20. The lowest BCUT2D eigenvalue weighted by molar-refractivity contribution is 0.0961. The molecule has 0 saturated carbocycles. The molecule has 0 aliphatic heterocycles. The molecule has 2 heteroatoms. The molecule has 1 aromatic carbocycles. The third kappa shape index (κ3) is 1.89. The highest BCUT2D eigenvalue weighted by atomic mass is 16.1.